The minimum absolute atomic E-state index is 0.0497. The van der Waals surface area contributed by atoms with Gasteiger partial charge in [-0.05, 0) is 47.9 Å². The number of ether oxygens (including phenoxy) is 1. The van der Waals surface area contributed by atoms with Crippen molar-refractivity contribution < 1.29 is 24.2 Å². The quantitative estimate of drug-likeness (QED) is 0.603. The van der Waals surface area contributed by atoms with Crippen molar-refractivity contribution in [2.45, 2.75) is 51.0 Å². The van der Waals surface area contributed by atoms with E-state index in [0.717, 1.165) is 22.3 Å². The van der Waals surface area contributed by atoms with E-state index in [9.17, 15) is 14.4 Å². The van der Waals surface area contributed by atoms with Crippen molar-refractivity contribution in [2.24, 2.45) is 5.92 Å². The first-order valence-electron chi connectivity index (χ1n) is 12.0. The first-order chi connectivity index (χ1) is 16.3. The van der Waals surface area contributed by atoms with Crippen molar-refractivity contribution in [1.82, 2.24) is 10.2 Å². The summed E-state index contributed by atoms with van der Waals surface area (Å²) in [5.41, 5.74) is 3.47. The van der Waals surface area contributed by atoms with Crippen LogP contribution in [0.15, 0.2) is 48.5 Å². The minimum Gasteiger partial charge on any atom is -0.481 e. The molecular weight excluding hydrogens is 432 g/mol. The molecule has 1 aliphatic carbocycles. The normalized spacial score (nSPS) is 18.6. The Morgan fingerprint density at radius 1 is 1.09 bits per heavy atom. The largest absolute Gasteiger partial charge is 0.481 e. The van der Waals surface area contributed by atoms with E-state index in [2.05, 4.69) is 29.6 Å². The highest BCUT2D eigenvalue weighted by atomic mass is 16.5. The van der Waals surface area contributed by atoms with Gasteiger partial charge in [-0.1, -0.05) is 61.9 Å². The van der Waals surface area contributed by atoms with E-state index in [1.807, 2.05) is 31.2 Å². The molecule has 7 heteroatoms. The van der Waals surface area contributed by atoms with E-state index in [1.165, 1.54) is 0 Å². The number of carbonyl (C=O) groups excluding carboxylic acids is 2. The third-order valence-corrected chi connectivity index (χ3v) is 6.98. The molecule has 1 heterocycles. The van der Waals surface area contributed by atoms with Crippen LogP contribution in [0.25, 0.3) is 11.1 Å². The molecule has 180 valence electrons. The number of amides is 2. The smallest absolute Gasteiger partial charge is 0.408 e. The number of carboxylic acids is 1. The maximum atomic E-state index is 13.3. The molecule has 1 saturated heterocycles. The van der Waals surface area contributed by atoms with Crippen molar-refractivity contribution in [3.05, 3.63) is 59.7 Å². The van der Waals surface area contributed by atoms with Gasteiger partial charge in [-0.15, -0.1) is 0 Å². The van der Waals surface area contributed by atoms with Gasteiger partial charge in [0.1, 0.15) is 12.1 Å². The second-order valence-electron chi connectivity index (χ2n) is 9.54. The summed E-state index contributed by atoms with van der Waals surface area (Å²) in [5.74, 6) is -1.15. The highest BCUT2D eigenvalue weighted by Crippen LogP contribution is 2.44. The van der Waals surface area contributed by atoms with Gasteiger partial charge in [-0.25, -0.2) is 4.79 Å². The van der Waals surface area contributed by atoms with Gasteiger partial charge in [0.05, 0.1) is 0 Å². The third kappa shape index (κ3) is 4.79. The van der Waals surface area contributed by atoms with Crippen molar-refractivity contribution >= 4 is 18.0 Å². The molecule has 2 atom stereocenters. The Bertz CT molecular complexity index is 1040. The van der Waals surface area contributed by atoms with Gasteiger partial charge in [0.25, 0.3) is 0 Å². The average molecular weight is 465 g/mol. The van der Waals surface area contributed by atoms with E-state index in [0.29, 0.717) is 32.4 Å². The first-order valence-corrected chi connectivity index (χ1v) is 12.0. The van der Waals surface area contributed by atoms with Crippen molar-refractivity contribution in [3.8, 4) is 11.1 Å². The summed E-state index contributed by atoms with van der Waals surface area (Å²) in [5, 5.41) is 11.9. The molecule has 34 heavy (non-hydrogen) atoms. The van der Waals surface area contributed by atoms with Crippen LogP contribution in [0.4, 0.5) is 4.79 Å². The summed E-state index contributed by atoms with van der Waals surface area (Å²) in [6.45, 7) is 4.77. The zero-order chi connectivity index (χ0) is 24.3. The molecule has 2 aromatic rings. The Balaban J connectivity index is 1.42. The van der Waals surface area contributed by atoms with Crippen LogP contribution in [0.5, 0.6) is 0 Å². The summed E-state index contributed by atoms with van der Waals surface area (Å²) in [4.78, 5) is 38.9. The fourth-order valence-electron chi connectivity index (χ4n) is 5.36. The molecule has 2 N–H and O–H groups in total. The molecule has 0 bridgehead atoms. The van der Waals surface area contributed by atoms with Gasteiger partial charge in [0, 0.05) is 25.4 Å². The van der Waals surface area contributed by atoms with E-state index in [-0.39, 0.29) is 30.8 Å². The van der Waals surface area contributed by atoms with E-state index in [1.54, 1.807) is 11.8 Å². The van der Waals surface area contributed by atoms with Gasteiger partial charge in [-0.2, -0.15) is 0 Å². The van der Waals surface area contributed by atoms with Gasteiger partial charge in [0.2, 0.25) is 5.91 Å². The van der Waals surface area contributed by atoms with Crippen LogP contribution in [0.1, 0.15) is 56.6 Å². The Labute approximate surface area is 200 Å². The molecule has 2 unspecified atom stereocenters. The molecule has 2 aromatic carbocycles. The summed E-state index contributed by atoms with van der Waals surface area (Å²) < 4.78 is 5.67. The number of carboxylic acid groups (broad SMARTS) is 1. The van der Waals surface area contributed by atoms with Crippen LogP contribution < -0.4 is 5.32 Å². The summed E-state index contributed by atoms with van der Waals surface area (Å²) in [7, 11) is 0. The lowest BCUT2D eigenvalue weighted by Crippen LogP contribution is -2.57. The maximum Gasteiger partial charge on any atom is 0.408 e. The summed E-state index contributed by atoms with van der Waals surface area (Å²) in [6.07, 6.45) is 1.26. The van der Waals surface area contributed by atoms with E-state index in [4.69, 9.17) is 9.84 Å². The molecule has 0 spiro atoms. The van der Waals surface area contributed by atoms with Gasteiger partial charge in [0.15, 0.2) is 0 Å². The lowest BCUT2D eigenvalue weighted by atomic mass is 9.94. The number of likely N-dealkylation sites (tertiary alicyclic amines) is 1. The molecule has 2 amide bonds. The molecule has 0 radical (unpaired) electrons. The highest BCUT2D eigenvalue weighted by Gasteiger charge is 2.41. The second kappa shape index (κ2) is 9.87. The van der Waals surface area contributed by atoms with Crippen molar-refractivity contribution in [1.29, 1.82) is 0 Å². The molecule has 1 fully saturated rings. The predicted molar refractivity (Wildman–Crippen MR) is 128 cm³/mol. The van der Waals surface area contributed by atoms with Crippen LogP contribution >= 0.6 is 0 Å². The SMILES string of the molecule is CCCC(C)(NC(=O)OCC1c2ccccc2-c2ccccc21)C(=O)N1CCC(CC(=O)O)C1. The van der Waals surface area contributed by atoms with Crippen LogP contribution in [-0.2, 0) is 14.3 Å². The van der Waals surface area contributed by atoms with Crippen molar-refractivity contribution in [2.75, 3.05) is 19.7 Å². The number of hydrogen-bond donors (Lipinski definition) is 2. The molecule has 0 saturated carbocycles. The molecule has 0 aromatic heterocycles. The Morgan fingerprint density at radius 2 is 1.71 bits per heavy atom. The summed E-state index contributed by atoms with van der Waals surface area (Å²) >= 11 is 0. The number of alkyl carbamates (subject to hydrolysis) is 1. The zero-order valence-electron chi connectivity index (χ0n) is 19.8. The third-order valence-electron chi connectivity index (χ3n) is 6.98. The molecule has 1 aliphatic heterocycles. The fourth-order valence-corrected chi connectivity index (χ4v) is 5.36. The molecule has 7 nitrogen and oxygen atoms in total. The van der Waals surface area contributed by atoms with E-state index < -0.39 is 17.6 Å². The van der Waals surface area contributed by atoms with Crippen LogP contribution in [0, 0.1) is 5.92 Å². The number of nitrogens with zero attached hydrogens (tertiary/aromatic N) is 1. The Hall–Kier alpha value is -3.35. The standard InChI is InChI=1S/C27H32N2O5/c1-3-13-27(2,25(32)29-14-12-18(16-29)15-24(30)31)28-26(33)34-17-23-21-10-6-4-8-19(21)20-9-5-7-11-22(20)23/h4-11,18,23H,3,12-17H2,1-2H3,(H,28,33)(H,30,31). The second-order valence-corrected chi connectivity index (χ2v) is 9.54. The fraction of sp³-hybridized carbons (Fsp3) is 0.444. The van der Waals surface area contributed by atoms with Crippen LogP contribution in [-0.4, -0.2) is 53.2 Å². The monoisotopic (exact) mass is 464 g/mol. The van der Waals surface area contributed by atoms with Crippen molar-refractivity contribution in [3.63, 3.8) is 0 Å². The number of nitrogens with one attached hydrogen (secondary N) is 1. The molecule has 2 aliphatic rings. The van der Waals surface area contributed by atoms with Crippen LogP contribution in [0.2, 0.25) is 0 Å². The number of hydrogen-bond acceptors (Lipinski definition) is 4. The van der Waals surface area contributed by atoms with Gasteiger partial charge in [-0.3, -0.25) is 9.59 Å². The average Bonchev–Trinajstić information content (AvgIpc) is 3.39. The number of benzene rings is 2. The Morgan fingerprint density at radius 3 is 2.29 bits per heavy atom. The topological polar surface area (TPSA) is 95.9 Å². The highest BCUT2D eigenvalue weighted by molar-refractivity contribution is 5.90. The molecule has 4 rings (SSSR count). The van der Waals surface area contributed by atoms with Crippen LogP contribution in [0.3, 0.4) is 0 Å². The summed E-state index contributed by atoms with van der Waals surface area (Å²) in [6, 6.07) is 16.3. The minimum atomic E-state index is -1.10. The maximum absolute atomic E-state index is 13.3. The lowest BCUT2D eigenvalue weighted by molar-refractivity contribution is -0.139. The number of aliphatic carboxylic acids is 1. The zero-order valence-corrected chi connectivity index (χ0v) is 19.8. The number of carbonyl (C=O) groups is 3. The Kier molecular flexibility index (Phi) is 6.91. The predicted octanol–water partition coefficient (Wildman–Crippen LogP) is 4.41. The lowest BCUT2D eigenvalue weighted by Gasteiger charge is -2.33. The van der Waals surface area contributed by atoms with E-state index >= 15 is 0 Å². The van der Waals surface area contributed by atoms with Gasteiger partial charge < -0.3 is 20.1 Å². The number of rotatable bonds is 8. The number of fused-ring (bicyclic) bond motifs is 3. The first kappa shape index (κ1) is 23.8. The molecular formula is C27H32N2O5. The van der Waals surface area contributed by atoms with Gasteiger partial charge >= 0.3 is 12.1 Å².